The van der Waals surface area contributed by atoms with E-state index in [2.05, 4.69) is 15.5 Å². The Morgan fingerprint density at radius 2 is 2.06 bits per heavy atom. The van der Waals surface area contributed by atoms with Crippen LogP contribution in [0.3, 0.4) is 0 Å². The van der Waals surface area contributed by atoms with Gasteiger partial charge in [0.1, 0.15) is 12.6 Å². The lowest BCUT2D eigenvalue weighted by Gasteiger charge is -2.28. The van der Waals surface area contributed by atoms with Crippen molar-refractivity contribution in [3.8, 4) is 0 Å². The Bertz CT molecular complexity index is 1260. The number of hydrogen-bond donors (Lipinski definition) is 2. The number of hydrogen-bond acceptors (Lipinski definition) is 4. The smallest absolute Gasteiger partial charge is 0.355 e. The van der Waals surface area contributed by atoms with Crippen LogP contribution in [-0.4, -0.2) is 57.1 Å². The number of benzene rings is 2. The third kappa shape index (κ3) is 3.77. The Morgan fingerprint density at radius 1 is 1.24 bits per heavy atom. The van der Waals surface area contributed by atoms with Gasteiger partial charge in [-0.15, -0.1) is 0 Å². The fourth-order valence-electron chi connectivity index (χ4n) is 4.52. The molecule has 2 aromatic carbocycles. The summed E-state index contributed by atoms with van der Waals surface area (Å²) in [7, 11) is 0. The molecule has 2 aliphatic heterocycles. The SMILES string of the molecule is O=C1c2c(cccc2Nc2ccc3n[nH]c(F)c3c2)CN1CC(=O)N1CCCC1C(F)(F)F. The first-order valence-electron chi connectivity index (χ1n) is 10.4. The molecular weight excluding hydrogens is 442 g/mol. The summed E-state index contributed by atoms with van der Waals surface area (Å²) in [5.41, 5.74) is 2.44. The van der Waals surface area contributed by atoms with Gasteiger partial charge in [-0.05, 0) is 42.7 Å². The van der Waals surface area contributed by atoms with E-state index >= 15 is 0 Å². The zero-order chi connectivity index (χ0) is 23.3. The van der Waals surface area contributed by atoms with Crippen LogP contribution in [-0.2, 0) is 11.3 Å². The first-order chi connectivity index (χ1) is 15.7. The van der Waals surface area contributed by atoms with Gasteiger partial charge in [0.15, 0.2) is 0 Å². The Morgan fingerprint density at radius 3 is 2.85 bits per heavy atom. The molecule has 3 aromatic rings. The minimum atomic E-state index is -4.49. The molecule has 0 saturated carbocycles. The van der Waals surface area contributed by atoms with E-state index in [1.807, 2.05) is 0 Å². The molecule has 1 unspecified atom stereocenters. The number of H-pyrrole nitrogens is 1. The van der Waals surface area contributed by atoms with Crippen molar-refractivity contribution in [1.29, 1.82) is 0 Å². The fourth-order valence-corrected chi connectivity index (χ4v) is 4.52. The van der Waals surface area contributed by atoms with Crippen molar-refractivity contribution in [2.75, 3.05) is 18.4 Å². The molecule has 33 heavy (non-hydrogen) atoms. The molecule has 11 heteroatoms. The lowest BCUT2D eigenvalue weighted by molar-refractivity contribution is -0.182. The summed E-state index contributed by atoms with van der Waals surface area (Å²) in [4.78, 5) is 27.8. The average Bonchev–Trinajstić information content (AvgIpc) is 3.47. The number of fused-ring (bicyclic) bond motifs is 2. The molecule has 1 fully saturated rings. The predicted octanol–water partition coefficient (Wildman–Crippen LogP) is 3.95. The Balaban J connectivity index is 1.35. The number of alkyl halides is 3. The molecule has 1 atom stereocenters. The van der Waals surface area contributed by atoms with Crippen molar-refractivity contribution in [3.63, 3.8) is 0 Å². The van der Waals surface area contributed by atoms with Crippen LogP contribution in [0.5, 0.6) is 0 Å². The van der Waals surface area contributed by atoms with E-state index in [9.17, 15) is 27.2 Å². The number of carbonyl (C=O) groups is 2. The van der Waals surface area contributed by atoms with Crippen molar-refractivity contribution in [2.45, 2.75) is 31.6 Å². The first kappa shape index (κ1) is 21.2. The van der Waals surface area contributed by atoms with E-state index in [-0.39, 0.29) is 31.3 Å². The standard InChI is InChI=1S/C22H19F4N5O2/c23-20-14-9-13(6-7-15(14)28-29-20)27-16-4-1-3-12-10-30(21(33)19(12)16)11-18(32)31-8-2-5-17(31)22(24,25)26/h1,3-4,6-7,9,17,27H,2,5,8,10-11H2,(H,28,29). The molecule has 1 saturated heterocycles. The lowest BCUT2D eigenvalue weighted by Crippen LogP contribution is -2.48. The van der Waals surface area contributed by atoms with Crippen LogP contribution in [0, 0.1) is 5.95 Å². The molecule has 2 amide bonds. The zero-order valence-electron chi connectivity index (χ0n) is 17.2. The number of rotatable bonds is 4. The largest absolute Gasteiger partial charge is 0.408 e. The third-order valence-electron chi connectivity index (χ3n) is 6.08. The number of carbonyl (C=O) groups excluding carboxylic acids is 2. The summed E-state index contributed by atoms with van der Waals surface area (Å²) in [6.07, 6.45) is -4.34. The van der Waals surface area contributed by atoms with Crippen molar-refractivity contribution >= 4 is 34.1 Å². The Kier molecular flexibility index (Phi) is 4.98. The summed E-state index contributed by atoms with van der Waals surface area (Å²) in [5.74, 6) is -1.74. The molecule has 1 aromatic heterocycles. The maximum Gasteiger partial charge on any atom is 0.408 e. The summed E-state index contributed by atoms with van der Waals surface area (Å²) >= 11 is 0. The molecule has 5 rings (SSSR count). The van der Waals surface area contributed by atoms with Crippen LogP contribution >= 0.6 is 0 Å². The van der Waals surface area contributed by atoms with Gasteiger partial charge in [-0.25, -0.2) is 0 Å². The normalized spacial score (nSPS) is 18.3. The van der Waals surface area contributed by atoms with Crippen molar-refractivity contribution < 1.29 is 27.2 Å². The van der Waals surface area contributed by atoms with Crippen LogP contribution in [0.25, 0.3) is 10.9 Å². The maximum absolute atomic E-state index is 13.8. The van der Waals surface area contributed by atoms with E-state index in [0.29, 0.717) is 28.0 Å². The second kappa shape index (κ2) is 7.75. The molecule has 2 aliphatic rings. The third-order valence-corrected chi connectivity index (χ3v) is 6.08. The molecule has 7 nitrogen and oxygen atoms in total. The number of likely N-dealkylation sites (tertiary alicyclic amines) is 1. The Labute approximate surface area is 185 Å². The summed E-state index contributed by atoms with van der Waals surface area (Å²) in [6, 6.07) is 8.21. The minimum Gasteiger partial charge on any atom is -0.355 e. The molecule has 2 N–H and O–H groups in total. The number of aromatic nitrogens is 2. The van der Waals surface area contributed by atoms with Crippen molar-refractivity contribution in [2.24, 2.45) is 0 Å². The molecule has 172 valence electrons. The summed E-state index contributed by atoms with van der Waals surface area (Å²) in [6.45, 7) is -0.279. The van der Waals surface area contributed by atoms with Gasteiger partial charge < -0.3 is 15.1 Å². The van der Waals surface area contributed by atoms with Crippen molar-refractivity contribution in [3.05, 3.63) is 53.5 Å². The molecule has 0 spiro atoms. The maximum atomic E-state index is 13.8. The molecule has 3 heterocycles. The number of aromatic amines is 1. The number of nitrogens with zero attached hydrogens (tertiary/aromatic N) is 3. The van der Waals surface area contributed by atoms with Crippen LogP contribution in [0.4, 0.5) is 28.9 Å². The predicted molar refractivity (Wildman–Crippen MR) is 111 cm³/mol. The minimum absolute atomic E-state index is 0.0256. The topological polar surface area (TPSA) is 81.3 Å². The molecule has 0 bridgehead atoms. The first-order valence-corrected chi connectivity index (χ1v) is 10.4. The van der Waals surface area contributed by atoms with Gasteiger partial charge in [-0.2, -0.15) is 22.7 Å². The monoisotopic (exact) mass is 461 g/mol. The summed E-state index contributed by atoms with van der Waals surface area (Å²) < 4.78 is 53.5. The van der Waals surface area contributed by atoms with E-state index in [1.165, 1.54) is 4.90 Å². The van der Waals surface area contributed by atoms with Gasteiger partial charge in [-0.3, -0.25) is 14.7 Å². The molecular formula is C22H19F4N5O2. The van der Waals surface area contributed by atoms with E-state index < -0.39 is 36.5 Å². The highest BCUT2D eigenvalue weighted by molar-refractivity contribution is 6.05. The molecule has 0 radical (unpaired) electrons. The second-order valence-electron chi connectivity index (χ2n) is 8.18. The van der Waals surface area contributed by atoms with Gasteiger partial charge in [0.05, 0.1) is 22.2 Å². The summed E-state index contributed by atoms with van der Waals surface area (Å²) in [5, 5.41) is 9.48. The lowest BCUT2D eigenvalue weighted by atomic mass is 10.1. The van der Waals surface area contributed by atoms with Gasteiger partial charge in [-0.1, -0.05) is 12.1 Å². The number of anilines is 2. The fraction of sp³-hybridized carbons (Fsp3) is 0.318. The van der Waals surface area contributed by atoms with Gasteiger partial charge in [0, 0.05) is 18.8 Å². The number of halogens is 4. The number of amides is 2. The van der Waals surface area contributed by atoms with Gasteiger partial charge >= 0.3 is 6.18 Å². The van der Waals surface area contributed by atoms with Crippen LogP contribution in [0.15, 0.2) is 36.4 Å². The van der Waals surface area contributed by atoms with Gasteiger partial charge in [0.25, 0.3) is 5.91 Å². The zero-order valence-corrected chi connectivity index (χ0v) is 17.2. The van der Waals surface area contributed by atoms with E-state index in [4.69, 9.17) is 0 Å². The van der Waals surface area contributed by atoms with Crippen LogP contribution < -0.4 is 5.32 Å². The van der Waals surface area contributed by atoms with Crippen molar-refractivity contribution in [1.82, 2.24) is 20.0 Å². The molecule has 0 aliphatic carbocycles. The highest BCUT2D eigenvalue weighted by atomic mass is 19.4. The second-order valence-corrected chi connectivity index (χ2v) is 8.18. The van der Waals surface area contributed by atoms with E-state index in [1.54, 1.807) is 36.4 Å². The Hall–Kier alpha value is -3.63. The highest BCUT2D eigenvalue weighted by Crippen LogP contribution is 2.35. The van der Waals surface area contributed by atoms with E-state index in [0.717, 1.165) is 4.90 Å². The average molecular weight is 461 g/mol. The number of nitrogens with one attached hydrogen (secondary N) is 2. The quantitative estimate of drug-likeness (QED) is 0.577. The van der Waals surface area contributed by atoms with Crippen LogP contribution in [0.2, 0.25) is 0 Å². The van der Waals surface area contributed by atoms with Gasteiger partial charge in [0.2, 0.25) is 11.9 Å². The van der Waals surface area contributed by atoms with Crippen LogP contribution in [0.1, 0.15) is 28.8 Å². The highest BCUT2D eigenvalue weighted by Gasteiger charge is 2.48.